The number of nitrogens with zero attached hydrogens (tertiary/aromatic N) is 4. The highest BCUT2D eigenvalue weighted by Gasteiger charge is 2.51. The number of fused-ring (bicyclic) bond motifs is 1. The van der Waals surface area contributed by atoms with E-state index in [4.69, 9.17) is 4.42 Å². The normalized spacial score (nSPS) is 23.7. The monoisotopic (exact) mass is 397 g/mol. The molecule has 28 heavy (non-hydrogen) atoms. The molecule has 2 amide bonds. The fourth-order valence-corrected chi connectivity index (χ4v) is 4.94. The van der Waals surface area contributed by atoms with E-state index in [9.17, 15) is 9.59 Å². The van der Waals surface area contributed by atoms with Crippen LogP contribution >= 0.6 is 11.3 Å². The lowest BCUT2D eigenvalue weighted by atomic mass is 9.74. The number of carbonyl (C=O) groups is 2. The van der Waals surface area contributed by atoms with E-state index in [1.807, 2.05) is 27.1 Å². The molecule has 0 saturated carbocycles. The molecular formula is C19H19N5O3S. The Hall–Kier alpha value is -2.94. The number of likely N-dealkylation sites (tertiary alicyclic amines) is 1. The Balaban J connectivity index is 1.44. The van der Waals surface area contributed by atoms with Crippen LogP contribution in [0.15, 0.2) is 46.7 Å². The lowest BCUT2D eigenvalue weighted by molar-refractivity contribution is 0.0678. The fraction of sp³-hybridized carbons (Fsp3) is 0.368. The summed E-state index contributed by atoms with van der Waals surface area (Å²) in [5.41, 5.74) is -0.266. The molecule has 0 aromatic carbocycles. The van der Waals surface area contributed by atoms with Gasteiger partial charge in [-0.15, -0.1) is 11.3 Å². The van der Waals surface area contributed by atoms with Crippen molar-refractivity contribution < 1.29 is 14.0 Å². The summed E-state index contributed by atoms with van der Waals surface area (Å²) in [7, 11) is 0. The predicted molar refractivity (Wildman–Crippen MR) is 101 cm³/mol. The number of carbonyl (C=O) groups excluding carboxylic acids is 2. The summed E-state index contributed by atoms with van der Waals surface area (Å²) in [6.45, 7) is 1.90. The Labute approximate surface area is 165 Å². The molecule has 1 spiro atoms. The van der Waals surface area contributed by atoms with Crippen LogP contribution in [0.5, 0.6) is 0 Å². The smallest absolute Gasteiger partial charge is 0.289 e. The van der Waals surface area contributed by atoms with Crippen molar-refractivity contribution in [3.8, 4) is 0 Å². The third-order valence-corrected chi connectivity index (χ3v) is 6.63. The molecular weight excluding hydrogens is 378 g/mol. The van der Waals surface area contributed by atoms with Crippen LogP contribution in [0.25, 0.3) is 0 Å². The van der Waals surface area contributed by atoms with Crippen LogP contribution in [0.4, 0.5) is 0 Å². The summed E-state index contributed by atoms with van der Waals surface area (Å²) >= 11 is 1.41. The first kappa shape index (κ1) is 17.2. The molecule has 2 aliphatic rings. The molecule has 3 aromatic rings. The van der Waals surface area contributed by atoms with E-state index in [-0.39, 0.29) is 23.3 Å². The molecule has 0 aliphatic carbocycles. The van der Waals surface area contributed by atoms with Crippen molar-refractivity contribution in [1.82, 2.24) is 25.0 Å². The van der Waals surface area contributed by atoms with Crippen molar-refractivity contribution in [2.45, 2.75) is 25.4 Å². The summed E-state index contributed by atoms with van der Waals surface area (Å²) in [5, 5.41) is 9.35. The number of aryl methyl sites for hydroxylation is 1. The van der Waals surface area contributed by atoms with Crippen molar-refractivity contribution in [3.63, 3.8) is 0 Å². The van der Waals surface area contributed by atoms with Crippen LogP contribution in [0, 0.1) is 5.41 Å². The van der Waals surface area contributed by atoms with Gasteiger partial charge in [-0.2, -0.15) is 5.10 Å². The largest absolute Gasteiger partial charge is 0.459 e. The molecule has 2 aliphatic heterocycles. The second-order valence-corrected chi connectivity index (χ2v) is 8.24. The standard InChI is InChI=1S/C19H19N5O3S/c25-17(14-4-2-10-28-14)22-15-16-20-12-21-24(16)8-6-19(15)5-7-23(11-19)18(26)13-3-1-9-27-13/h1-4,9-10,12,15H,5-8,11H2,(H,22,25). The van der Waals surface area contributed by atoms with Gasteiger partial charge in [-0.1, -0.05) is 6.07 Å². The fourth-order valence-electron chi connectivity index (χ4n) is 4.31. The minimum absolute atomic E-state index is 0.114. The van der Waals surface area contributed by atoms with E-state index in [0.29, 0.717) is 23.7 Å². The van der Waals surface area contributed by atoms with Gasteiger partial charge < -0.3 is 14.6 Å². The third kappa shape index (κ3) is 2.73. The first-order valence-electron chi connectivity index (χ1n) is 9.21. The molecule has 5 rings (SSSR count). The lowest BCUT2D eigenvalue weighted by Gasteiger charge is -2.40. The van der Waals surface area contributed by atoms with Gasteiger partial charge in [0.2, 0.25) is 0 Å². The van der Waals surface area contributed by atoms with Crippen LogP contribution in [0.3, 0.4) is 0 Å². The van der Waals surface area contributed by atoms with Crippen LogP contribution in [-0.4, -0.2) is 44.6 Å². The number of nitrogens with one attached hydrogen (secondary N) is 1. The zero-order chi connectivity index (χ0) is 19.1. The third-order valence-electron chi connectivity index (χ3n) is 5.76. The topological polar surface area (TPSA) is 93.3 Å². The number of rotatable bonds is 3. The van der Waals surface area contributed by atoms with Gasteiger partial charge >= 0.3 is 0 Å². The van der Waals surface area contributed by atoms with Gasteiger partial charge in [0.15, 0.2) is 5.76 Å². The number of hydrogen-bond acceptors (Lipinski definition) is 6. The Morgan fingerprint density at radius 1 is 1.25 bits per heavy atom. The number of aromatic nitrogens is 3. The van der Waals surface area contributed by atoms with Crippen LogP contribution in [-0.2, 0) is 6.54 Å². The van der Waals surface area contributed by atoms with E-state index in [2.05, 4.69) is 15.4 Å². The first-order valence-corrected chi connectivity index (χ1v) is 10.1. The van der Waals surface area contributed by atoms with Crippen LogP contribution in [0.2, 0.25) is 0 Å². The van der Waals surface area contributed by atoms with Gasteiger partial charge in [0.1, 0.15) is 12.2 Å². The van der Waals surface area contributed by atoms with E-state index in [1.165, 1.54) is 23.9 Å². The average molecular weight is 397 g/mol. The summed E-state index contributed by atoms with van der Waals surface area (Å²) in [6.07, 6.45) is 4.65. The van der Waals surface area contributed by atoms with Crippen LogP contribution in [0.1, 0.15) is 44.9 Å². The second kappa shape index (κ2) is 6.59. The van der Waals surface area contributed by atoms with Gasteiger partial charge in [0.05, 0.1) is 17.2 Å². The summed E-state index contributed by atoms with van der Waals surface area (Å²) < 4.78 is 7.13. The second-order valence-electron chi connectivity index (χ2n) is 7.29. The maximum absolute atomic E-state index is 12.8. The summed E-state index contributed by atoms with van der Waals surface area (Å²) in [6, 6.07) is 6.76. The van der Waals surface area contributed by atoms with Gasteiger partial charge in [-0.3, -0.25) is 9.59 Å². The van der Waals surface area contributed by atoms with Gasteiger partial charge in [-0.25, -0.2) is 9.67 Å². The average Bonchev–Trinajstić information content (AvgIpc) is 3.49. The molecule has 0 radical (unpaired) electrons. The molecule has 1 fully saturated rings. The molecule has 5 heterocycles. The Kier molecular flexibility index (Phi) is 4.04. The SMILES string of the molecule is O=C(NC1c2ncnn2CCC12CCN(C(=O)c1ccco1)C2)c1cccs1. The maximum atomic E-state index is 12.8. The maximum Gasteiger partial charge on any atom is 0.289 e. The molecule has 9 heteroatoms. The van der Waals surface area contributed by atoms with Gasteiger partial charge in [0, 0.05) is 25.0 Å². The Bertz CT molecular complexity index is 997. The van der Waals surface area contributed by atoms with E-state index >= 15 is 0 Å². The zero-order valence-electron chi connectivity index (χ0n) is 15.1. The lowest BCUT2D eigenvalue weighted by Crippen LogP contribution is -2.48. The summed E-state index contributed by atoms with van der Waals surface area (Å²) in [4.78, 5) is 32.5. The van der Waals surface area contributed by atoms with E-state index in [0.717, 1.165) is 25.2 Å². The summed E-state index contributed by atoms with van der Waals surface area (Å²) in [5.74, 6) is 0.863. The molecule has 8 nitrogen and oxygen atoms in total. The zero-order valence-corrected chi connectivity index (χ0v) is 15.9. The Morgan fingerprint density at radius 2 is 2.14 bits per heavy atom. The number of amides is 2. The molecule has 0 bridgehead atoms. The minimum atomic E-state index is -0.298. The molecule has 1 N–H and O–H groups in total. The van der Waals surface area contributed by atoms with Gasteiger partial charge in [-0.05, 0) is 36.4 Å². The minimum Gasteiger partial charge on any atom is -0.459 e. The molecule has 144 valence electrons. The highest BCUT2D eigenvalue weighted by Crippen LogP contribution is 2.47. The molecule has 1 saturated heterocycles. The quantitative estimate of drug-likeness (QED) is 0.732. The Morgan fingerprint density at radius 3 is 2.93 bits per heavy atom. The van der Waals surface area contributed by atoms with Gasteiger partial charge in [0.25, 0.3) is 11.8 Å². The van der Waals surface area contributed by atoms with Crippen molar-refractivity contribution >= 4 is 23.2 Å². The molecule has 2 unspecified atom stereocenters. The van der Waals surface area contributed by atoms with E-state index in [1.54, 1.807) is 12.1 Å². The van der Waals surface area contributed by atoms with Crippen molar-refractivity contribution in [2.24, 2.45) is 5.41 Å². The number of hydrogen-bond donors (Lipinski definition) is 1. The van der Waals surface area contributed by atoms with E-state index < -0.39 is 0 Å². The molecule has 3 aromatic heterocycles. The first-order chi connectivity index (χ1) is 13.7. The highest BCUT2D eigenvalue weighted by atomic mass is 32.1. The predicted octanol–water partition coefficient (Wildman–Crippen LogP) is 2.34. The van der Waals surface area contributed by atoms with Crippen molar-refractivity contribution in [3.05, 3.63) is 58.7 Å². The number of thiophene rings is 1. The number of furan rings is 1. The van der Waals surface area contributed by atoms with Crippen molar-refractivity contribution in [2.75, 3.05) is 13.1 Å². The van der Waals surface area contributed by atoms with Crippen LogP contribution < -0.4 is 5.32 Å². The molecule has 2 atom stereocenters. The highest BCUT2D eigenvalue weighted by molar-refractivity contribution is 7.12. The van der Waals surface area contributed by atoms with Crippen molar-refractivity contribution in [1.29, 1.82) is 0 Å².